The van der Waals surface area contributed by atoms with Crippen LogP contribution in [-0.4, -0.2) is 32.7 Å². The predicted molar refractivity (Wildman–Crippen MR) is 87.0 cm³/mol. The molecule has 0 unspecified atom stereocenters. The zero-order chi connectivity index (χ0) is 14.7. The Balaban J connectivity index is 1.67. The van der Waals surface area contributed by atoms with E-state index in [4.69, 9.17) is 0 Å². The molecule has 2 aromatic heterocycles. The quantitative estimate of drug-likeness (QED) is 0.850. The van der Waals surface area contributed by atoms with Gasteiger partial charge in [-0.3, -0.25) is 10.1 Å². The molecule has 112 valence electrons. The third-order valence-corrected chi connectivity index (χ3v) is 5.13. The summed E-state index contributed by atoms with van der Waals surface area (Å²) in [5.41, 5.74) is 0. The Bertz CT molecular complexity index is 592. The van der Waals surface area contributed by atoms with Crippen LogP contribution in [0.25, 0.3) is 0 Å². The Morgan fingerprint density at radius 3 is 2.90 bits per heavy atom. The molecule has 0 aromatic carbocycles. The molecular formula is C14H18N4OS2. The minimum Gasteiger partial charge on any atom is -0.342 e. The molecule has 1 N–H and O–H groups in total. The van der Waals surface area contributed by atoms with Crippen molar-refractivity contribution in [3.05, 3.63) is 29.5 Å². The monoisotopic (exact) mass is 322 g/mol. The van der Waals surface area contributed by atoms with E-state index in [9.17, 15) is 4.79 Å². The lowest BCUT2D eigenvalue weighted by molar-refractivity contribution is -0.119. The lowest BCUT2D eigenvalue weighted by atomic mass is 10.2. The van der Waals surface area contributed by atoms with E-state index in [1.165, 1.54) is 24.2 Å². The molecule has 7 heteroatoms. The second-order valence-corrected chi connectivity index (χ2v) is 7.13. The molecule has 0 radical (unpaired) electrons. The fourth-order valence-electron chi connectivity index (χ4n) is 2.17. The highest BCUT2D eigenvalue weighted by Gasteiger charge is 2.28. The van der Waals surface area contributed by atoms with Crippen molar-refractivity contribution in [2.45, 2.75) is 31.2 Å². The molecule has 0 bridgehead atoms. The summed E-state index contributed by atoms with van der Waals surface area (Å²) in [5, 5.41) is 12.8. The van der Waals surface area contributed by atoms with Crippen LogP contribution in [0.3, 0.4) is 0 Å². The molecule has 0 aliphatic heterocycles. The molecular weight excluding hydrogens is 304 g/mol. The van der Waals surface area contributed by atoms with Gasteiger partial charge in [0.1, 0.15) is 11.0 Å². The van der Waals surface area contributed by atoms with Crippen molar-refractivity contribution in [3.8, 4) is 0 Å². The van der Waals surface area contributed by atoms with Crippen LogP contribution in [0.1, 0.15) is 36.2 Å². The van der Waals surface area contributed by atoms with Gasteiger partial charge >= 0.3 is 0 Å². The van der Waals surface area contributed by atoms with E-state index in [1.807, 2.05) is 29.1 Å². The van der Waals surface area contributed by atoms with Gasteiger partial charge in [0.15, 0.2) is 0 Å². The Hall–Kier alpha value is -1.34. The van der Waals surface area contributed by atoms with E-state index < -0.39 is 0 Å². The number of rotatable bonds is 7. The summed E-state index contributed by atoms with van der Waals surface area (Å²) >= 11 is 3.25. The smallest absolute Gasteiger partial charge is 0.249 e. The van der Waals surface area contributed by atoms with Crippen LogP contribution in [0.15, 0.2) is 24.5 Å². The Labute approximate surface area is 132 Å². The molecule has 1 aliphatic carbocycles. The summed E-state index contributed by atoms with van der Waals surface area (Å²) in [6.07, 6.45) is 9.11. The van der Waals surface area contributed by atoms with E-state index in [2.05, 4.69) is 21.8 Å². The van der Waals surface area contributed by atoms with Gasteiger partial charge in [-0.25, -0.2) is 0 Å². The second-order valence-electron chi connectivity index (χ2n) is 5.14. The molecule has 3 rings (SSSR count). The van der Waals surface area contributed by atoms with E-state index >= 15 is 0 Å². The zero-order valence-electron chi connectivity index (χ0n) is 11.9. The fraction of sp³-hybridized carbons (Fsp3) is 0.500. The molecule has 5 nitrogen and oxygen atoms in total. The SMILES string of the molecule is CSCC[C@@H](C(=O)Nc1nnc(C2CC2)s1)n1cccc1. The lowest BCUT2D eigenvalue weighted by Crippen LogP contribution is -2.25. The van der Waals surface area contributed by atoms with Crippen LogP contribution in [0.2, 0.25) is 0 Å². The van der Waals surface area contributed by atoms with E-state index in [1.54, 1.807) is 11.8 Å². The first kappa shape index (κ1) is 14.6. The number of carbonyl (C=O) groups excluding carboxylic acids is 1. The van der Waals surface area contributed by atoms with E-state index in [0.717, 1.165) is 17.2 Å². The summed E-state index contributed by atoms with van der Waals surface area (Å²) in [6, 6.07) is 3.69. The van der Waals surface area contributed by atoms with Gasteiger partial charge in [-0.1, -0.05) is 11.3 Å². The van der Waals surface area contributed by atoms with Crippen LogP contribution in [0, 0.1) is 0 Å². The Morgan fingerprint density at radius 2 is 2.24 bits per heavy atom. The maximum atomic E-state index is 12.5. The summed E-state index contributed by atoms with van der Waals surface area (Å²) in [4.78, 5) is 12.5. The van der Waals surface area contributed by atoms with Crippen molar-refractivity contribution >= 4 is 34.1 Å². The highest BCUT2D eigenvalue weighted by Crippen LogP contribution is 2.42. The van der Waals surface area contributed by atoms with Crippen LogP contribution in [0.4, 0.5) is 5.13 Å². The molecule has 2 heterocycles. The number of thioether (sulfide) groups is 1. The normalized spacial score (nSPS) is 15.9. The molecule has 21 heavy (non-hydrogen) atoms. The average molecular weight is 322 g/mol. The standard InChI is InChI=1S/C14H18N4OS2/c1-20-9-6-11(18-7-2-3-8-18)12(19)15-14-17-16-13(21-14)10-4-5-10/h2-3,7-8,10-11H,4-6,9H2,1H3,(H,15,17,19)/t11-/m0/s1. The summed E-state index contributed by atoms with van der Waals surface area (Å²) < 4.78 is 1.95. The predicted octanol–water partition coefficient (Wildman–Crippen LogP) is 3.15. The molecule has 0 spiro atoms. The van der Waals surface area contributed by atoms with Gasteiger partial charge < -0.3 is 4.57 Å². The number of anilines is 1. The van der Waals surface area contributed by atoms with Crippen molar-refractivity contribution < 1.29 is 4.79 Å². The number of aromatic nitrogens is 3. The van der Waals surface area contributed by atoms with Crippen molar-refractivity contribution in [1.82, 2.24) is 14.8 Å². The average Bonchev–Trinajstić information content (AvgIpc) is 3.00. The van der Waals surface area contributed by atoms with Crippen molar-refractivity contribution in [3.63, 3.8) is 0 Å². The largest absolute Gasteiger partial charge is 0.342 e. The summed E-state index contributed by atoms with van der Waals surface area (Å²) in [6.45, 7) is 0. The van der Waals surface area contributed by atoms with Crippen LogP contribution in [-0.2, 0) is 4.79 Å². The van der Waals surface area contributed by atoms with E-state index in [-0.39, 0.29) is 11.9 Å². The molecule has 1 saturated carbocycles. The zero-order valence-corrected chi connectivity index (χ0v) is 13.5. The van der Waals surface area contributed by atoms with Gasteiger partial charge in [-0.05, 0) is 43.4 Å². The van der Waals surface area contributed by atoms with E-state index in [0.29, 0.717) is 11.0 Å². The Morgan fingerprint density at radius 1 is 1.48 bits per heavy atom. The topological polar surface area (TPSA) is 59.8 Å². The van der Waals surface area contributed by atoms with Gasteiger partial charge in [-0.15, -0.1) is 10.2 Å². The highest BCUT2D eigenvalue weighted by molar-refractivity contribution is 7.98. The van der Waals surface area contributed by atoms with Crippen LogP contribution in [0.5, 0.6) is 0 Å². The van der Waals surface area contributed by atoms with Gasteiger partial charge in [-0.2, -0.15) is 11.8 Å². The number of carbonyl (C=O) groups is 1. The second kappa shape index (κ2) is 6.62. The van der Waals surface area contributed by atoms with Crippen molar-refractivity contribution in [2.24, 2.45) is 0 Å². The van der Waals surface area contributed by atoms with Crippen LogP contribution < -0.4 is 5.32 Å². The number of amides is 1. The minimum absolute atomic E-state index is 0.0150. The Kier molecular flexibility index (Phi) is 4.60. The number of hydrogen-bond donors (Lipinski definition) is 1. The number of nitrogens with zero attached hydrogens (tertiary/aromatic N) is 3. The minimum atomic E-state index is -0.194. The van der Waals surface area contributed by atoms with Crippen molar-refractivity contribution in [1.29, 1.82) is 0 Å². The third-order valence-electron chi connectivity index (χ3n) is 3.48. The van der Waals surface area contributed by atoms with Gasteiger partial charge in [0.05, 0.1) is 0 Å². The summed E-state index contributed by atoms with van der Waals surface area (Å²) in [5.74, 6) is 1.50. The summed E-state index contributed by atoms with van der Waals surface area (Å²) in [7, 11) is 0. The molecule has 1 aliphatic rings. The number of hydrogen-bond acceptors (Lipinski definition) is 5. The molecule has 0 saturated heterocycles. The fourth-order valence-corrected chi connectivity index (χ4v) is 3.54. The van der Waals surface area contributed by atoms with Crippen molar-refractivity contribution in [2.75, 3.05) is 17.3 Å². The van der Waals surface area contributed by atoms with Gasteiger partial charge in [0.25, 0.3) is 0 Å². The highest BCUT2D eigenvalue weighted by atomic mass is 32.2. The molecule has 1 fully saturated rings. The van der Waals surface area contributed by atoms with Gasteiger partial charge in [0, 0.05) is 18.3 Å². The molecule has 1 atom stereocenters. The first-order valence-corrected chi connectivity index (χ1v) is 9.24. The maximum absolute atomic E-state index is 12.5. The lowest BCUT2D eigenvalue weighted by Gasteiger charge is -2.17. The molecule has 2 aromatic rings. The maximum Gasteiger partial charge on any atom is 0.249 e. The number of nitrogens with one attached hydrogen (secondary N) is 1. The van der Waals surface area contributed by atoms with Gasteiger partial charge in [0.2, 0.25) is 11.0 Å². The first-order chi connectivity index (χ1) is 10.3. The van der Waals surface area contributed by atoms with Crippen LogP contribution >= 0.6 is 23.1 Å². The first-order valence-electron chi connectivity index (χ1n) is 7.03. The molecule has 1 amide bonds. The third kappa shape index (κ3) is 3.65.